The molecule has 0 aliphatic rings. The largest absolute Gasteiger partial charge is 0.493 e. The number of aromatic nitrogens is 2. The highest BCUT2D eigenvalue weighted by Crippen LogP contribution is 2.22. The lowest BCUT2D eigenvalue weighted by atomic mass is 10.0. The van der Waals surface area contributed by atoms with Crippen LogP contribution in [0.25, 0.3) is 0 Å². The molecule has 0 bridgehead atoms. The standard InChI is InChI=1S/C14H16N2O2/c1-4-16-13(12(18-3)9-15-16)14(17)11-8-6-5-7-10(11)2/h5-9H,4H2,1-3H3. The van der Waals surface area contributed by atoms with Crippen LogP contribution in [0.15, 0.2) is 30.5 Å². The molecule has 0 aliphatic heterocycles. The van der Waals surface area contributed by atoms with Gasteiger partial charge in [-0.25, -0.2) is 0 Å². The Labute approximate surface area is 106 Å². The van der Waals surface area contributed by atoms with Crippen molar-refractivity contribution in [2.75, 3.05) is 7.11 Å². The summed E-state index contributed by atoms with van der Waals surface area (Å²) in [5.74, 6) is 0.467. The van der Waals surface area contributed by atoms with E-state index in [1.807, 2.05) is 38.1 Å². The first-order valence-corrected chi connectivity index (χ1v) is 5.89. The van der Waals surface area contributed by atoms with Gasteiger partial charge in [0.05, 0.1) is 13.3 Å². The van der Waals surface area contributed by atoms with Gasteiger partial charge in [-0.15, -0.1) is 0 Å². The number of carbonyl (C=O) groups is 1. The van der Waals surface area contributed by atoms with Gasteiger partial charge in [0, 0.05) is 12.1 Å². The maximum absolute atomic E-state index is 12.5. The van der Waals surface area contributed by atoms with Crippen LogP contribution < -0.4 is 4.74 Å². The number of benzene rings is 1. The minimum Gasteiger partial charge on any atom is -0.493 e. The van der Waals surface area contributed by atoms with Crippen molar-refractivity contribution in [3.05, 3.63) is 47.3 Å². The molecule has 0 saturated carbocycles. The van der Waals surface area contributed by atoms with Crippen molar-refractivity contribution in [1.29, 1.82) is 0 Å². The molecule has 4 nitrogen and oxygen atoms in total. The van der Waals surface area contributed by atoms with Gasteiger partial charge < -0.3 is 4.74 Å². The molecule has 0 unspecified atom stereocenters. The quantitative estimate of drug-likeness (QED) is 0.776. The number of nitrogens with zero attached hydrogens (tertiary/aromatic N) is 2. The van der Waals surface area contributed by atoms with Crippen molar-refractivity contribution < 1.29 is 9.53 Å². The van der Waals surface area contributed by atoms with Crippen molar-refractivity contribution in [1.82, 2.24) is 9.78 Å². The SMILES string of the molecule is CCn1ncc(OC)c1C(=O)c1ccccc1C. The Hall–Kier alpha value is -2.10. The third kappa shape index (κ3) is 2.01. The van der Waals surface area contributed by atoms with Gasteiger partial charge in [0.15, 0.2) is 11.4 Å². The summed E-state index contributed by atoms with van der Waals surface area (Å²) in [5, 5.41) is 4.15. The fourth-order valence-electron chi connectivity index (χ4n) is 1.94. The number of ketones is 1. The number of methoxy groups -OCH3 is 1. The normalized spacial score (nSPS) is 10.4. The van der Waals surface area contributed by atoms with Crippen LogP contribution in [0.2, 0.25) is 0 Å². The molecule has 94 valence electrons. The van der Waals surface area contributed by atoms with E-state index in [1.165, 1.54) is 0 Å². The molecule has 1 aromatic heterocycles. The first kappa shape index (κ1) is 12.4. The van der Waals surface area contributed by atoms with Gasteiger partial charge in [-0.1, -0.05) is 24.3 Å². The average molecular weight is 244 g/mol. The topological polar surface area (TPSA) is 44.1 Å². The summed E-state index contributed by atoms with van der Waals surface area (Å²) in [6, 6.07) is 7.52. The number of carbonyl (C=O) groups excluding carboxylic acids is 1. The van der Waals surface area contributed by atoms with Crippen LogP contribution in [0.4, 0.5) is 0 Å². The van der Waals surface area contributed by atoms with Crippen LogP contribution in [-0.2, 0) is 6.54 Å². The second-order valence-corrected chi connectivity index (χ2v) is 4.02. The monoisotopic (exact) mass is 244 g/mol. The Bertz CT molecular complexity index is 551. The highest BCUT2D eigenvalue weighted by atomic mass is 16.5. The second kappa shape index (κ2) is 5.04. The van der Waals surface area contributed by atoms with Gasteiger partial charge in [0.2, 0.25) is 5.78 Å². The van der Waals surface area contributed by atoms with Crippen LogP contribution in [-0.4, -0.2) is 22.7 Å². The maximum Gasteiger partial charge on any atom is 0.215 e. The number of ether oxygens (including phenoxy) is 1. The molecule has 0 atom stereocenters. The van der Waals surface area contributed by atoms with Crippen molar-refractivity contribution in [3.63, 3.8) is 0 Å². The molecule has 0 aliphatic carbocycles. The summed E-state index contributed by atoms with van der Waals surface area (Å²) in [6.07, 6.45) is 1.58. The molecule has 0 spiro atoms. The van der Waals surface area contributed by atoms with E-state index in [2.05, 4.69) is 5.10 Å². The van der Waals surface area contributed by atoms with Crippen LogP contribution >= 0.6 is 0 Å². The molecule has 1 aromatic carbocycles. The van der Waals surface area contributed by atoms with Gasteiger partial charge in [-0.2, -0.15) is 5.10 Å². The first-order valence-electron chi connectivity index (χ1n) is 5.89. The minimum atomic E-state index is -0.0516. The average Bonchev–Trinajstić information content (AvgIpc) is 2.81. The van der Waals surface area contributed by atoms with Gasteiger partial charge >= 0.3 is 0 Å². The molecule has 0 amide bonds. The smallest absolute Gasteiger partial charge is 0.215 e. The Morgan fingerprint density at radius 2 is 2.11 bits per heavy atom. The van der Waals surface area contributed by atoms with E-state index in [0.717, 1.165) is 5.56 Å². The first-order chi connectivity index (χ1) is 8.69. The number of rotatable bonds is 4. The molecule has 0 saturated heterocycles. The van der Waals surface area contributed by atoms with Crippen LogP contribution in [0.3, 0.4) is 0 Å². The Kier molecular flexibility index (Phi) is 3.46. The van der Waals surface area contributed by atoms with E-state index < -0.39 is 0 Å². The molecular formula is C14H16N2O2. The van der Waals surface area contributed by atoms with Gasteiger partial charge in [-0.05, 0) is 19.4 Å². The number of hydrogen-bond donors (Lipinski definition) is 0. The molecule has 1 heterocycles. The van der Waals surface area contributed by atoms with E-state index in [1.54, 1.807) is 18.0 Å². The summed E-state index contributed by atoms with van der Waals surface area (Å²) in [6.45, 7) is 4.50. The van der Waals surface area contributed by atoms with Crippen LogP contribution in [0, 0.1) is 6.92 Å². The van der Waals surface area contributed by atoms with E-state index in [4.69, 9.17) is 4.74 Å². The highest BCUT2D eigenvalue weighted by molar-refractivity contribution is 6.10. The highest BCUT2D eigenvalue weighted by Gasteiger charge is 2.21. The second-order valence-electron chi connectivity index (χ2n) is 4.02. The van der Waals surface area contributed by atoms with E-state index in [0.29, 0.717) is 23.6 Å². The third-order valence-electron chi connectivity index (χ3n) is 2.93. The Morgan fingerprint density at radius 3 is 2.72 bits per heavy atom. The van der Waals surface area contributed by atoms with Gasteiger partial charge in [0.1, 0.15) is 0 Å². The Morgan fingerprint density at radius 1 is 1.39 bits per heavy atom. The lowest BCUT2D eigenvalue weighted by Crippen LogP contribution is -2.12. The van der Waals surface area contributed by atoms with E-state index in [9.17, 15) is 4.79 Å². The summed E-state index contributed by atoms with van der Waals surface area (Å²) in [4.78, 5) is 12.5. The van der Waals surface area contributed by atoms with Crippen molar-refractivity contribution in [2.45, 2.75) is 20.4 Å². The summed E-state index contributed by atoms with van der Waals surface area (Å²) >= 11 is 0. The molecular weight excluding hydrogens is 228 g/mol. The molecule has 18 heavy (non-hydrogen) atoms. The maximum atomic E-state index is 12.5. The third-order valence-corrected chi connectivity index (χ3v) is 2.93. The molecule has 2 rings (SSSR count). The zero-order chi connectivity index (χ0) is 13.1. The van der Waals surface area contributed by atoms with Crippen LogP contribution in [0.5, 0.6) is 5.75 Å². The molecule has 0 fully saturated rings. The zero-order valence-corrected chi connectivity index (χ0v) is 10.8. The van der Waals surface area contributed by atoms with Crippen molar-refractivity contribution >= 4 is 5.78 Å². The zero-order valence-electron chi connectivity index (χ0n) is 10.8. The van der Waals surface area contributed by atoms with Gasteiger partial charge in [0.25, 0.3) is 0 Å². The fourth-order valence-corrected chi connectivity index (χ4v) is 1.94. The lowest BCUT2D eigenvalue weighted by molar-refractivity contribution is 0.102. The lowest BCUT2D eigenvalue weighted by Gasteiger charge is -2.08. The fraction of sp³-hybridized carbons (Fsp3) is 0.286. The molecule has 2 aromatic rings. The Balaban J connectivity index is 2.52. The van der Waals surface area contributed by atoms with Crippen molar-refractivity contribution in [3.8, 4) is 5.75 Å². The van der Waals surface area contributed by atoms with Gasteiger partial charge in [-0.3, -0.25) is 9.48 Å². The predicted octanol–water partition coefficient (Wildman–Crippen LogP) is 2.45. The molecule has 0 radical (unpaired) electrons. The van der Waals surface area contributed by atoms with Crippen molar-refractivity contribution in [2.24, 2.45) is 0 Å². The van der Waals surface area contributed by atoms with E-state index >= 15 is 0 Å². The summed E-state index contributed by atoms with van der Waals surface area (Å²) < 4.78 is 6.87. The summed E-state index contributed by atoms with van der Waals surface area (Å²) in [5.41, 5.74) is 2.15. The van der Waals surface area contributed by atoms with E-state index in [-0.39, 0.29) is 5.78 Å². The molecule has 4 heteroatoms. The minimum absolute atomic E-state index is 0.0516. The van der Waals surface area contributed by atoms with Crippen LogP contribution in [0.1, 0.15) is 28.5 Å². The molecule has 0 N–H and O–H groups in total. The predicted molar refractivity (Wildman–Crippen MR) is 69.1 cm³/mol. The summed E-state index contributed by atoms with van der Waals surface area (Å²) in [7, 11) is 1.55. The number of hydrogen-bond acceptors (Lipinski definition) is 3. The number of aryl methyl sites for hydroxylation is 2.